The van der Waals surface area contributed by atoms with Crippen LogP contribution in [0.1, 0.15) is 93.8 Å². The maximum atomic E-state index is 4.27. The van der Waals surface area contributed by atoms with Gasteiger partial charge in [0, 0.05) is 38.7 Å². The van der Waals surface area contributed by atoms with E-state index < -0.39 is 0 Å². The van der Waals surface area contributed by atoms with Crippen molar-refractivity contribution < 1.29 is 0 Å². The highest BCUT2D eigenvalue weighted by Gasteiger charge is 2.55. The predicted molar refractivity (Wildman–Crippen MR) is 260 cm³/mol. The molecule has 0 heterocycles. The fraction of sp³-hybridized carbons (Fsp3) is 0.233. The van der Waals surface area contributed by atoms with E-state index in [-0.39, 0.29) is 21.7 Å². The van der Waals surface area contributed by atoms with Crippen LogP contribution in [0.25, 0.3) is 27.8 Å². The van der Waals surface area contributed by atoms with Crippen LogP contribution in [0.2, 0.25) is 0 Å². The van der Waals surface area contributed by atoms with Crippen LogP contribution in [0.3, 0.4) is 0 Å². The Bertz CT molecular complexity index is 2890. The Kier molecular flexibility index (Phi) is 8.90. The molecule has 1 nitrogen and oxygen atoms in total. The highest BCUT2D eigenvalue weighted by Crippen LogP contribution is 2.65. The average molecular weight is 792 g/mol. The van der Waals surface area contributed by atoms with Crippen molar-refractivity contribution in [3.63, 3.8) is 0 Å². The molecule has 1 atom stereocenters. The normalized spacial score (nSPS) is 20.7. The van der Waals surface area contributed by atoms with Gasteiger partial charge < -0.3 is 4.90 Å². The van der Waals surface area contributed by atoms with Gasteiger partial charge in [0.2, 0.25) is 0 Å². The average Bonchev–Trinajstić information content (AvgIpc) is 3.72. The van der Waals surface area contributed by atoms with E-state index in [1.54, 1.807) is 5.57 Å². The first-order chi connectivity index (χ1) is 29.2. The van der Waals surface area contributed by atoms with E-state index in [2.05, 4.69) is 225 Å². The third-order valence-corrected chi connectivity index (χ3v) is 15.0. The molecular formula is C60H57N. The molecule has 0 N–H and O–H groups in total. The van der Waals surface area contributed by atoms with E-state index in [4.69, 9.17) is 0 Å². The van der Waals surface area contributed by atoms with Crippen molar-refractivity contribution in [3.8, 4) is 22.3 Å². The second-order valence-electron chi connectivity index (χ2n) is 19.7. The number of anilines is 2. The predicted octanol–water partition coefficient (Wildman–Crippen LogP) is 15.6. The van der Waals surface area contributed by atoms with Gasteiger partial charge in [-0.05, 0) is 129 Å². The van der Waals surface area contributed by atoms with Crippen molar-refractivity contribution >= 4 is 16.9 Å². The van der Waals surface area contributed by atoms with Crippen molar-refractivity contribution in [1.82, 2.24) is 0 Å². The zero-order valence-corrected chi connectivity index (χ0v) is 37.2. The minimum absolute atomic E-state index is 0.0739. The van der Waals surface area contributed by atoms with Crippen LogP contribution < -0.4 is 4.90 Å². The van der Waals surface area contributed by atoms with Crippen molar-refractivity contribution in [3.05, 3.63) is 232 Å². The summed E-state index contributed by atoms with van der Waals surface area (Å²) in [6.07, 6.45) is 11.2. The van der Waals surface area contributed by atoms with Crippen LogP contribution >= 0.6 is 0 Å². The number of fused-ring (bicyclic) bond motifs is 6. The first-order valence-electron chi connectivity index (χ1n) is 22.1. The van der Waals surface area contributed by atoms with Gasteiger partial charge in [-0.3, -0.25) is 0 Å². The van der Waals surface area contributed by atoms with Crippen LogP contribution in [-0.2, 0) is 28.1 Å². The van der Waals surface area contributed by atoms with Crippen molar-refractivity contribution in [2.75, 3.05) is 4.90 Å². The molecule has 0 bridgehead atoms. The first-order valence-corrected chi connectivity index (χ1v) is 22.1. The fourth-order valence-electron chi connectivity index (χ4n) is 11.9. The molecule has 4 aliphatic carbocycles. The Hall–Kier alpha value is -6.18. The maximum absolute atomic E-state index is 4.27. The van der Waals surface area contributed by atoms with Gasteiger partial charge in [0.25, 0.3) is 0 Å². The number of hydrogen-bond acceptors (Lipinski definition) is 1. The van der Waals surface area contributed by atoms with E-state index >= 15 is 0 Å². The molecule has 1 unspecified atom stereocenters. The summed E-state index contributed by atoms with van der Waals surface area (Å²) in [6, 6.07) is 51.7. The van der Waals surface area contributed by atoms with Gasteiger partial charge in [-0.1, -0.05) is 194 Å². The van der Waals surface area contributed by atoms with Gasteiger partial charge in [0.15, 0.2) is 0 Å². The fourth-order valence-corrected chi connectivity index (χ4v) is 11.9. The molecule has 10 rings (SSSR count). The first kappa shape index (κ1) is 39.0. The smallest absolute Gasteiger partial charge is 0.0467 e. The number of aryl methyl sites for hydroxylation is 1. The number of hydrogen-bond donors (Lipinski definition) is 0. The lowest BCUT2D eigenvalue weighted by atomic mass is 9.64. The molecule has 0 amide bonds. The summed E-state index contributed by atoms with van der Waals surface area (Å²) in [4.78, 5) is 2.48. The zero-order chi connectivity index (χ0) is 42.5. The monoisotopic (exact) mass is 791 g/mol. The van der Waals surface area contributed by atoms with E-state index in [1.165, 1.54) is 83.6 Å². The second kappa shape index (κ2) is 13.9. The van der Waals surface area contributed by atoms with Crippen molar-refractivity contribution in [1.29, 1.82) is 0 Å². The summed E-state index contributed by atoms with van der Waals surface area (Å²) >= 11 is 0. The molecule has 0 radical (unpaired) electrons. The third kappa shape index (κ3) is 5.88. The Morgan fingerprint density at radius 1 is 0.607 bits per heavy atom. The van der Waals surface area contributed by atoms with Crippen LogP contribution in [0.15, 0.2) is 193 Å². The lowest BCUT2D eigenvalue weighted by molar-refractivity contribution is 0.468. The molecule has 6 aromatic carbocycles. The molecule has 0 saturated heterocycles. The Balaban J connectivity index is 1.13. The SMILES string of the molecule is C=C/C=C(\C=C1/Cc2ccccc2C1(C)C)N(c1ccc(-c2ccccc2)cc1)c1cc(C)c2c(c1)C(C)(C)C1=CC3=C(CC12C)C(C)(C)c1cccc(-c2ccccc2)c13. The summed E-state index contributed by atoms with van der Waals surface area (Å²) in [7, 11) is 0. The summed E-state index contributed by atoms with van der Waals surface area (Å²) in [6.45, 7) is 23.8. The lowest BCUT2D eigenvalue weighted by Crippen LogP contribution is -2.32. The largest absolute Gasteiger partial charge is 0.310 e. The Morgan fingerprint density at radius 3 is 1.93 bits per heavy atom. The van der Waals surface area contributed by atoms with E-state index in [1.807, 2.05) is 6.08 Å². The molecule has 0 aliphatic heterocycles. The molecule has 61 heavy (non-hydrogen) atoms. The van der Waals surface area contributed by atoms with Crippen molar-refractivity contribution in [2.45, 2.75) is 89.9 Å². The van der Waals surface area contributed by atoms with Gasteiger partial charge in [-0.2, -0.15) is 0 Å². The van der Waals surface area contributed by atoms with Gasteiger partial charge >= 0.3 is 0 Å². The Morgan fingerprint density at radius 2 is 1.25 bits per heavy atom. The second-order valence-corrected chi connectivity index (χ2v) is 19.7. The number of nitrogens with zero attached hydrogens (tertiary/aromatic N) is 1. The van der Waals surface area contributed by atoms with Gasteiger partial charge in [0.1, 0.15) is 0 Å². The van der Waals surface area contributed by atoms with E-state index in [0.717, 1.165) is 24.2 Å². The number of rotatable bonds is 7. The standard InChI is InChI=1S/C60H57N/c1-10-20-46(35-44-34-43-25-17-18-27-50(43)57(44,3)4)61(45-31-29-41(30-32-45)40-21-13-11-14-22-40)47-33-39(2)56-52(36-47)59(7,8)54-37-49-53(38-60(54,56)9)58(5,6)51-28-19-26-48(55(49)51)42-23-15-12-16-24-42/h10-33,35-37H,1,34,38H2,2-9H3/b44-35+,46-20+. The number of benzene rings is 6. The quantitative estimate of drug-likeness (QED) is 0.146. The molecule has 302 valence electrons. The maximum Gasteiger partial charge on any atom is 0.0467 e. The van der Waals surface area contributed by atoms with Crippen molar-refractivity contribution in [2.24, 2.45) is 0 Å². The summed E-state index contributed by atoms with van der Waals surface area (Å²) in [5, 5.41) is 0. The molecule has 0 saturated carbocycles. The van der Waals surface area contributed by atoms with Crippen LogP contribution in [0.5, 0.6) is 0 Å². The van der Waals surface area contributed by atoms with Crippen LogP contribution in [0.4, 0.5) is 11.4 Å². The van der Waals surface area contributed by atoms with Gasteiger partial charge in [0.05, 0.1) is 0 Å². The number of allylic oxidation sites excluding steroid dienone is 8. The minimum Gasteiger partial charge on any atom is -0.310 e. The molecule has 4 aliphatic rings. The van der Waals surface area contributed by atoms with E-state index in [9.17, 15) is 0 Å². The Labute approximate surface area is 364 Å². The van der Waals surface area contributed by atoms with Crippen LogP contribution in [0, 0.1) is 6.92 Å². The summed E-state index contributed by atoms with van der Waals surface area (Å²) in [5.74, 6) is 0. The lowest BCUT2D eigenvalue weighted by Gasteiger charge is -2.39. The molecule has 1 heteroatoms. The molecule has 0 fully saturated rings. The molecule has 0 aromatic heterocycles. The van der Waals surface area contributed by atoms with Crippen LogP contribution in [-0.4, -0.2) is 0 Å². The van der Waals surface area contributed by atoms with Gasteiger partial charge in [-0.25, -0.2) is 0 Å². The van der Waals surface area contributed by atoms with Gasteiger partial charge in [-0.15, -0.1) is 0 Å². The highest BCUT2D eigenvalue weighted by molar-refractivity contribution is 5.96. The zero-order valence-electron chi connectivity index (χ0n) is 37.2. The minimum atomic E-state index is -0.198. The van der Waals surface area contributed by atoms with E-state index in [0.29, 0.717) is 0 Å². The topological polar surface area (TPSA) is 3.24 Å². The summed E-state index contributed by atoms with van der Waals surface area (Å²) in [5.41, 5.74) is 23.9. The molecule has 6 aromatic rings. The highest BCUT2D eigenvalue weighted by atomic mass is 15.1. The molecular weight excluding hydrogens is 735 g/mol. The summed E-state index contributed by atoms with van der Waals surface area (Å²) < 4.78 is 0. The molecule has 0 spiro atoms. The third-order valence-electron chi connectivity index (χ3n) is 15.0.